The molecule has 7 heteroatoms. The number of para-hydroxylation sites is 2. The van der Waals surface area contributed by atoms with Gasteiger partial charge in [-0.15, -0.1) is 0 Å². The Hall–Kier alpha value is -2.15. The number of likely N-dealkylation sites (N-methyl/N-ethyl adjacent to an activating group) is 1. The number of nitrogens with zero attached hydrogens (tertiary/aromatic N) is 4. The number of carbonyl (C=O) groups is 1. The van der Waals surface area contributed by atoms with Crippen LogP contribution in [0.25, 0.3) is 0 Å². The summed E-state index contributed by atoms with van der Waals surface area (Å²) < 4.78 is 0. The monoisotopic (exact) mass is 334 g/mol. The van der Waals surface area contributed by atoms with Gasteiger partial charge in [-0.3, -0.25) is 19.8 Å². The van der Waals surface area contributed by atoms with Crippen molar-refractivity contribution >= 4 is 17.3 Å². The van der Waals surface area contributed by atoms with Crippen LogP contribution in [0.15, 0.2) is 24.3 Å². The summed E-state index contributed by atoms with van der Waals surface area (Å²) in [5.41, 5.74) is 0.810. The molecule has 0 N–H and O–H groups in total. The fourth-order valence-electron chi connectivity index (χ4n) is 3.12. The fourth-order valence-corrected chi connectivity index (χ4v) is 3.12. The van der Waals surface area contributed by atoms with Crippen molar-refractivity contribution in [3.8, 4) is 0 Å². The van der Waals surface area contributed by atoms with Crippen molar-refractivity contribution in [3.05, 3.63) is 34.4 Å². The average Bonchev–Trinajstić information content (AvgIpc) is 2.81. The van der Waals surface area contributed by atoms with Crippen LogP contribution in [-0.2, 0) is 4.79 Å². The van der Waals surface area contributed by atoms with Crippen molar-refractivity contribution in [2.24, 2.45) is 0 Å². The maximum Gasteiger partial charge on any atom is 0.292 e. The van der Waals surface area contributed by atoms with Gasteiger partial charge in [0.1, 0.15) is 5.69 Å². The molecule has 0 aliphatic carbocycles. The van der Waals surface area contributed by atoms with E-state index in [0.29, 0.717) is 18.8 Å². The minimum absolute atomic E-state index is 0.144. The van der Waals surface area contributed by atoms with E-state index >= 15 is 0 Å². The van der Waals surface area contributed by atoms with Gasteiger partial charge in [-0.05, 0) is 26.3 Å². The van der Waals surface area contributed by atoms with Gasteiger partial charge in [-0.1, -0.05) is 12.1 Å². The highest BCUT2D eigenvalue weighted by atomic mass is 16.6. The zero-order chi connectivity index (χ0) is 17.5. The molecule has 24 heavy (non-hydrogen) atoms. The van der Waals surface area contributed by atoms with Gasteiger partial charge in [0.2, 0.25) is 5.91 Å². The topological polar surface area (TPSA) is 69.9 Å². The van der Waals surface area contributed by atoms with E-state index in [1.165, 1.54) is 0 Å². The summed E-state index contributed by atoms with van der Waals surface area (Å²) in [7, 11) is 0. The SMILES string of the molecule is CCN(CC)C(=O)CN1CCCN(c2ccccc2[N+](=O)[O-])CC1. The minimum Gasteiger partial charge on any atom is -0.365 e. The van der Waals surface area contributed by atoms with Gasteiger partial charge < -0.3 is 9.80 Å². The first kappa shape index (κ1) is 18.2. The normalized spacial score (nSPS) is 15.8. The van der Waals surface area contributed by atoms with Gasteiger partial charge in [0.15, 0.2) is 0 Å². The summed E-state index contributed by atoms with van der Waals surface area (Å²) in [6.07, 6.45) is 0.886. The molecule has 132 valence electrons. The number of anilines is 1. The van der Waals surface area contributed by atoms with Crippen molar-refractivity contribution in [1.82, 2.24) is 9.80 Å². The van der Waals surface area contributed by atoms with Crippen LogP contribution in [0.1, 0.15) is 20.3 Å². The maximum absolute atomic E-state index is 12.3. The van der Waals surface area contributed by atoms with Crippen molar-refractivity contribution in [2.45, 2.75) is 20.3 Å². The molecule has 0 saturated carbocycles. The lowest BCUT2D eigenvalue weighted by Gasteiger charge is -2.25. The molecule has 2 rings (SSSR count). The number of hydrogen-bond donors (Lipinski definition) is 0. The van der Waals surface area contributed by atoms with Gasteiger partial charge in [0, 0.05) is 45.3 Å². The molecular formula is C17H26N4O3. The number of rotatable bonds is 6. The predicted molar refractivity (Wildman–Crippen MR) is 94.3 cm³/mol. The van der Waals surface area contributed by atoms with E-state index in [1.54, 1.807) is 18.2 Å². The van der Waals surface area contributed by atoms with Gasteiger partial charge in [-0.2, -0.15) is 0 Å². The molecule has 1 heterocycles. The van der Waals surface area contributed by atoms with Crippen LogP contribution in [0.3, 0.4) is 0 Å². The molecule has 1 aromatic carbocycles. The van der Waals surface area contributed by atoms with Crippen molar-refractivity contribution < 1.29 is 9.72 Å². The van der Waals surface area contributed by atoms with Gasteiger partial charge >= 0.3 is 0 Å². The van der Waals surface area contributed by atoms with Gasteiger partial charge in [-0.25, -0.2) is 0 Å². The summed E-state index contributed by atoms with van der Waals surface area (Å²) in [5.74, 6) is 0.152. The van der Waals surface area contributed by atoms with Crippen LogP contribution >= 0.6 is 0 Å². The molecule has 0 radical (unpaired) electrons. The molecule has 1 aliphatic rings. The lowest BCUT2D eigenvalue weighted by Crippen LogP contribution is -2.41. The van der Waals surface area contributed by atoms with E-state index in [0.717, 1.165) is 39.1 Å². The number of nitro groups is 1. The zero-order valence-corrected chi connectivity index (χ0v) is 14.5. The molecular weight excluding hydrogens is 308 g/mol. The first-order chi connectivity index (χ1) is 11.6. The molecule has 1 saturated heterocycles. The number of benzene rings is 1. The van der Waals surface area contributed by atoms with Crippen LogP contribution in [0.4, 0.5) is 11.4 Å². The number of carbonyl (C=O) groups excluding carboxylic acids is 1. The first-order valence-corrected chi connectivity index (χ1v) is 8.55. The van der Waals surface area contributed by atoms with E-state index in [4.69, 9.17) is 0 Å². The quantitative estimate of drug-likeness (QED) is 0.588. The van der Waals surface area contributed by atoms with Crippen LogP contribution in [-0.4, -0.2) is 66.4 Å². The molecule has 7 nitrogen and oxygen atoms in total. The second-order valence-electron chi connectivity index (χ2n) is 5.93. The Bertz CT molecular complexity index is 575. The maximum atomic E-state index is 12.3. The number of hydrogen-bond acceptors (Lipinski definition) is 5. The molecule has 0 bridgehead atoms. The first-order valence-electron chi connectivity index (χ1n) is 8.55. The molecule has 0 spiro atoms. The van der Waals surface area contributed by atoms with Crippen molar-refractivity contribution in [2.75, 3.05) is 50.7 Å². The Labute approximate surface area is 143 Å². The summed E-state index contributed by atoms with van der Waals surface area (Å²) in [5, 5.41) is 11.2. The van der Waals surface area contributed by atoms with Gasteiger partial charge in [0.05, 0.1) is 11.5 Å². The lowest BCUT2D eigenvalue weighted by molar-refractivity contribution is -0.384. The Balaban J connectivity index is 2.01. The van der Waals surface area contributed by atoms with E-state index in [2.05, 4.69) is 9.80 Å². The molecule has 1 fully saturated rings. The highest BCUT2D eigenvalue weighted by Gasteiger charge is 2.23. The fraction of sp³-hybridized carbons (Fsp3) is 0.588. The zero-order valence-electron chi connectivity index (χ0n) is 14.5. The minimum atomic E-state index is -0.331. The Morgan fingerprint density at radius 1 is 1.17 bits per heavy atom. The highest BCUT2D eigenvalue weighted by molar-refractivity contribution is 5.78. The Kier molecular flexibility index (Phi) is 6.54. The van der Waals surface area contributed by atoms with E-state index in [9.17, 15) is 14.9 Å². The third kappa shape index (κ3) is 4.44. The van der Waals surface area contributed by atoms with E-state index < -0.39 is 0 Å². The molecule has 0 aromatic heterocycles. The largest absolute Gasteiger partial charge is 0.365 e. The molecule has 1 aliphatic heterocycles. The predicted octanol–water partition coefficient (Wildman–Crippen LogP) is 1.98. The third-order valence-corrected chi connectivity index (χ3v) is 4.48. The van der Waals surface area contributed by atoms with E-state index in [1.807, 2.05) is 24.8 Å². The molecule has 1 aromatic rings. The molecule has 1 amide bonds. The lowest BCUT2D eigenvalue weighted by atomic mass is 10.2. The Morgan fingerprint density at radius 2 is 1.88 bits per heavy atom. The molecule has 0 unspecified atom stereocenters. The van der Waals surface area contributed by atoms with Crippen molar-refractivity contribution in [3.63, 3.8) is 0 Å². The van der Waals surface area contributed by atoms with E-state index in [-0.39, 0.29) is 16.5 Å². The second kappa shape index (κ2) is 8.63. The molecule has 0 atom stereocenters. The number of amides is 1. The third-order valence-electron chi connectivity index (χ3n) is 4.48. The second-order valence-corrected chi connectivity index (χ2v) is 5.93. The smallest absolute Gasteiger partial charge is 0.292 e. The standard InChI is InChI=1S/C17H26N4O3/c1-3-19(4-2)17(22)14-18-10-7-11-20(13-12-18)15-8-5-6-9-16(15)21(23)24/h5-6,8-9H,3-4,7,10-14H2,1-2H3. The van der Waals surface area contributed by atoms with Crippen LogP contribution < -0.4 is 4.90 Å². The summed E-state index contributed by atoms with van der Waals surface area (Å²) in [4.78, 5) is 29.2. The summed E-state index contributed by atoms with van der Waals surface area (Å²) >= 11 is 0. The summed E-state index contributed by atoms with van der Waals surface area (Å²) in [6, 6.07) is 6.86. The highest BCUT2D eigenvalue weighted by Crippen LogP contribution is 2.28. The number of nitro benzene ring substituents is 1. The average molecular weight is 334 g/mol. The van der Waals surface area contributed by atoms with Crippen molar-refractivity contribution in [1.29, 1.82) is 0 Å². The van der Waals surface area contributed by atoms with Crippen LogP contribution in [0.5, 0.6) is 0 Å². The van der Waals surface area contributed by atoms with Crippen LogP contribution in [0, 0.1) is 10.1 Å². The Morgan fingerprint density at radius 3 is 2.54 bits per heavy atom. The van der Waals surface area contributed by atoms with Gasteiger partial charge in [0.25, 0.3) is 5.69 Å². The van der Waals surface area contributed by atoms with Crippen LogP contribution in [0.2, 0.25) is 0 Å². The summed E-state index contributed by atoms with van der Waals surface area (Å²) in [6.45, 7) is 8.88.